The van der Waals surface area contributed by atoms with E-state index in [0.717, 1.165) is 17.0 Å². The molecule has 0 unspecified atom stereocenters. The molecule has 0 aliphatic rings. The maximum Gasteiger partial charge on any atom is 0.407 e. The summed E-state index contributed by atoms with van der Waals surface area (Å²) >= 11 is 0. The van der Waals surface area contributed by atoms with Crippen molar-refractivity contribution in [2.45, 2.75) is 39.5 Å². The Morgan fingerprint density at radius 3 is 2.08 bits per heavy atom. The van der Waals surface area contributed by atoms with Crippen molar-refractivity contribution in [3.05, 3.63) is 114 Å². The normalized spacial score (nSPS) is 11.0. The molecule has 5 nitrogen and oxygen atoms in total. The van der Waals surface area contributed by atoms with E-state index < -0.39 is 11.7 Å². The third-order valence-corrected chi connectivity index (χ3v) is 5.36. The largest absolute Gasteiger partial charge is 0.457 e. The van der Waals surface area contributed by atoms with Crippen LogP contribution in [-0.2, 0) is 17.8 Å². The summed E-state index contributed by atoms with van der Waals surface area (Å²) < 4.78 is 11.4. The predicted molar refractivity (Wildman–Crippen MR) is 145 cm³/mol. The van der Waals surface area contributed by atoms with Crippen LogP contribution in [0.2, 0.25) is 0 Å². The Balaban J connectivity index is 1.32. The van der Waals surface area contributed by atoms with Gasteiger partial charge < -0.3 is 20.1 Å². The lowest BCUT2D eigenvalue weighted by atomic mass is 10.0. The third kappa shape index (κ3) is 7.64. The Morgan fingerprint density at radius 1 is 0.694 bits per heavy atom. The number of hydrogen-bond donors (Lipinski definition) is 2. The van der Waals surface area contributed by atoms with Gasteiger partial charge >= 0.3 is 6.09 Å². The van der Waals surface area contributed by atoms with Crippen molar-refractivity contribution in [2.75, 3.05) is 5.32 Å². The van der Waals surface area contributed by atoms with Crippen LogP contribution in [0.4, 0.5) is 10.5 Å². The van der Waals surface area contributed by atoms with Gasteiger partial charge in [-0.25, -0.2) is 4.79 Å². The second-order valence-electron chi connectivity index (χ2n) is 9.55. The number of rotatable bonds is 8. The molecular weight excluding hydrogens is 448 g/mol. The Morgan fingerprint density at radius 2 is 1.36 bits per heavy atom. The fraction of sp³-hybridized carbons (Fsp3) is 0.194. The number of carbonyl (C=O) groups excluding carboxylic acids is 1. The van der Waals surface area contributed by atoms with E-state index in [1.54, 1.807) is 0 Å². The number of ether oxygens (including phenoxy) is 2. The fourth-order valence-corrected chi connectivity index (χ4v) is 3.66. The number of amides is 1. The Kier molecular flexibility index (Phi) is 7.91. The molecule has 0 heterocycles. The molecule has 0 aliphatic carbocycles. The molecule has 2 N–H and O–H groups in total. The quantitative estimate of drug-likeness (QED) is 0.270. The summed E-state index contributed by atoms with van der Waals surface area (Å²) in [7, 11) is 0. The summed E-state index contributed by atoms with van der Waals surface area (Å²) in [5, 5.41) is 6.24. The Labute approximate surface area is 213 Å². The van der Waals surface area contributed by atoms with E-state index in [4.69, 9.17) is 9.47 Å². The van der Waals surface area contributed by atoms with E-state index in [-0.39, 0.29) is 0 Å². The Bertz CT molecular complexity index is 1280. The molecule has 0 radical (unpaired) electrons. The number of benzene rings is 4. The maximum atomic E-state index is 11.9. The SMILES string of the molecule is CC(C)(C)OC(=O)NCc1cccc(Oc2cccc(NCc3ccc(-c4ccccc4)cc3)c2)c1. The van der Waals surface area contributed by atoms with Crippen molar-refractivity contribution < 1.29 is 14.3 Å². The van der Waals surface area contributed by atoms with E-state index in [1.165, 1.54) is 16.7 Å². The van der Waals surface area contributed by atoms with Crippen LogP contribution < -0.4 is 15.4 Å². The van der Waals surface area contributed by atoms with Crippen molar-refractivity contribution in [1.29, 1.82) is 0 Å². The average molecular weight is 481 g/mol. The van der Waals surface area contributed by atoms with Gasteiger partial charge in [0.05, 0.1) is 0 Å². The molecule has 0 saturated carbocycles. The van der Waals surface area contributed by atoms with Gasteiger partial charge in [-0.1, -0.05) is 72.8 Å². The zero-order valence-electron chi connectivity index (χ0n) is 21.0. The molecule has 0 aliphatic heterocycles. The second kappa shape index (κ2) is 11.5. The van der Waals surface area contributed by atoms with Gasteiger partial charge in [0, 0.05) is 24.8 Å². The number of anilines is 1. The number of carbonyl (C=O) groups is 1. The summed E-state index contributed by atoms with van der Waals surface area (Å²) in [6.07, 6.45) is -0.442. The zero-order chi connectivity index (χ0) is 25.4. The van der Waals surface area contributed by atoms with E-state index in [2.05, 4.69) is 59.2 Å². The average Bonchev–Trinajstić information content (AvgIpc) is 2.87. The molecule has 0 saturated heterocycles. The predicted octanol–water partition coefficient (Wildman–Crippen LogP) is 7.78. The lowest BCUT2D eigenvalue weighted by Gasteiger charge is -2.19. The van der Waals surface area contributed by atoms with E-state index in [9.17, 15) is 4.79 Å². The van der Waals surface area contributed by atoms with Crippen LogP contribution in [0.1, 0.15) is 31.9 Å². The third-order valence-electron chi connectivity index (χ3n) is 5.36. The Hall–Kier alpha value is -4.25. The first kappa shape index (κ1) is 24.9. The van der Waals surface area contributed by atoms with Gasteiger partial charge in [0.2, 0.25) is 0 Å². The van der Waals surface area contributed by atoms with E-state index in [0.29, 0.717) is 18.8 Å². The summed E-state index contributed by atoms with van der Waals surface area (Å²) in [6, 6.07) is 34.5. The standard InChI is InChI=1S/C31H32N2O3/c1-31(2,3)36-30(34)33-22-24-9-7-13-28(19-24)35-29-14-8-12-27(20-29)32-21-23-15-17-26(18-16-23)25-10-5-4-6-11-25/h4-20,32H,21-22H2,1-3H3,(H,33,34). The smallest absolute Gasteiger partial charge is 0.407 e. The van der Waals surface area contributed by atoms with Crippen LogP contribution in [0.3, 0.4) is 0 Å². The first-order valence-corrected chi connectivity index (χ1v) is 12.1. The number of hydrogen-bond acceptors (Lipinski definition) is 4. The van der Waals surface area contributed by atoms with Gasteiger partial charge in [0.25, 0.3) is 0 Å². The van der Waals surface area contributed by atoms with Gasteiger partial charge in [0.15, 0.2) is 0 Å². The molecule has 5 heteroatoms. The van der Waals surface area contributed by atoms with E-state index in [1.807, 2.05) is 75.4 Å². The topological polar surface area (TPSA) is 59.6 Å². The molecule has 4 rings (SSSR count). The van der Waals surface area contributed by atoms with Crippen LogP contribution in [0, 0.1) is 0 Å². The minimum Gasteiger partial charge on any atom is -0.457 e. The zero-order valence-corrected chi connectivity index (χ0v) is 21.0. The summed E-state index contributed by atoms with van der Waals surface area (Å²) in [4.78, 5) is 11.9. The molecule has 0 aromatic heterocycles. The highest BCUT2D eigenvalue weighted by atomic mass is 16.6. The summed E-state index contributed by atoms with van der Waals surface area (Å²) in [6.45, 7) is 6.59. The molecule has 4 aromatic rings. The van der Waals surface area contributed by atoms with Crippen LogP contribution >= 0.6 is 0 Å². The van der Waals surface area contributed by atoms with Crippen molar-refractivity contribution in [3.8, 4) is 22.6 Å². The highest BCUT2D eigenvalue weighted by Crippen LogP contribution is 2.26. The van der Waals surface area contributed by atoms with Crippen LogP contribution in [-0.4, -0.2) is 11.7 Å². The van der Waals surface area contributed by atoms with Gasteiger partial charge in [-0.05, 0) is 67.3 Å². The van der Waals surface area contributed by atoms with Gasteiger partial charge in [0.1, 0.15) is 17.1 Å². The highest BCUT2D eigenvalue weighted by molar-refractivity contribution is 5.67. The van der Waals surface area contributed by atoms with Crippen molar-refractivity contribution in [1.82, 2.24) is 5.32 Å². The number of nitrogens with one attached hydrogen (secondary N) is 2. The molecule has 36 heavy (non-hydrogen) atoms. The van der Waals surface area contributed by atoms with E-state index >= 15 is 0 Å². The van der Waals surface area contributed by atoms with Crippen molar-refractivity contribution in [3.63, 3.8) is 0 Å². The van der Waals surface area contributed by atoms with Crippen LogP contribution in [0.5, 0.6) is 11.5 Å². The summed E-state index contributed by atoms with van der Waals surface area (Å²) in [5.74, 6) is 1.43. The molecule has 1 amide bonds. The van der Waals surface area contributed by atoms with Crippen LogP contribution in [0.15, 0.2) is 103 Å². The molecule has 0 bridgehead atoms. The van der Waals surface area contributed by atoms with Gasteiger partial charge in [-0.15, -0.1) is 0 Å². The lowest BCUT2D eigenvalue weighted by Crippen LogP contribution is -2.32. The highest BCUT2D eigenvalue weighted by Gasteiger charge is 2.15. The maximum absolute atomic E-state index is 11.9. The van der Waals surface area contributed by atoms with Gasteiger partial charge in [-0.2, -0.15) is 0 Å². The molecular formula is C31H32N2O3. The van der Waals surface area contributed by atoms with Gasteiger partial charge in [-0.3, -0.25) is 0 Å². The molecule has 184 valence electrons. The monoisotopic (exact) mass is 480 g/mol. The fourth-order valence-electron chi connectivity index (χ4n) is 3.66. The first-order chi connectivity index (χ1) is 17.3. The summed E-state index contributed by atoms with van der Waals surface area (Å²) in [5.41, 5.74) is 4.99. The van der Waals surface area contributed by atoms with Crippen molar-refractivity contribution >= 4 is 11.8 Å². The first-order valence-electron chi connectivity index (χ1n) is 12.1. The second-order valence-corrected chi connectivity index (χ2v) is 9.55. The molecule has 0 spiro atoms. The molecule has 0 atom stereocenters. The molecule has 0 fully saturated rings. The lowest BCUT2D eigenvalue weighted by molar-refractivity contribution is 0.0523. The van der Waals surface area contributed by atoms with Crippen molar-refractivity contribution in [2.24, 2.45) is 0 Å². The number of alkyl carbamates (subject to hydrolysis) is 1. The molecule has 4 aromatic carbocycles. The minimum absolute atomic E-state index is 0.358. The minimum atomic E-state index is -0.528. The van der Waals surface area contributed by atoms with Crippen LogP contribution in [0.25, 0.3) is 11.1 Å².